The molecule has 0 aliphatic heterocycles. The highest BCUT2D eigenvalue weighted by atomic mass is 16.6. The van der Waals surface area contributed by atoms with Crippen LogP contribution in [0.5, 0.6) is 0 Å². The van der Waals surface area contributed by atoms with Crippen LogP contribution >= 0.6 is 0 Å². The molecule has 0 aromatic rings. The van der Waals surface area contributed by atoms with Gasteiger partial charge in [-0.25, -0.2) is 0 Å². The van der Waals surface area contributed by atoms with E-state index >= 15 is 0 Å². The molecule has 0 radical (unpaired) electrons. The van der Waals surface area contributed by atoms with Gasteiger partial charge in [-0.3, -0.25) is 19.2 Å². The van der Waals surface area contributed by atoms with Gasteiger partial charge in [0.25, 0.3) is 0 Å². The molecule has 30 heavy (non-hydrogen) atoms. The van der Waals surface area contributed by atoms with Crippen LogP contribution in [-0.2, 0) is 28.7 Å². The second-order valence-electron chi connectivity index (χ2n) is 10.4. The van der Waals surface area contributed by atoms with Crippen LogP contribution in [-0.4, -0.2) is 49.1 Å². The Morgan fingerprint density at radius 1 is 0.700 bits per heavy atom. The van der Waals surface area contributed by atoms with Crippen molar-refractivity contribution in [2.45, 2.75) is 92.3 Å². The van der Waals surface area contributed by atoms with E-state index < -0.39 is 24.1 Å². The second kappa shape index (κ2) is 11.3. The minimum atomic E-state index is -0.552. The molecule has 0 spiro atoms. The van der Waals surface area contributed by atoms with E-state index in [-0.39, 0.29) is 35.7 Å². The molecule has 2 atom stereocenters. The maximum atomic E-state index is 12.1. The van der Waals surface area contributed by atoms with Gasteiger partial charge in [-0.05, 0) is 36.5 Å². The van der Waals surface area contributed by atoms with Crippen molar-refractivity contribution < 1.29 is 28.7 Å². The molecule has 1 fully saturated rings. The van der Waals surface area contributed by atoms with Crippen LogP contribution in [0.25, 0.3) is 0 Å². The van der Waals surface area contributed by atoms with Crippen molar-refractivity contribution >= 4 is 23.8 Å². The standard InChI is InChI=1S/C22H38N2O6/c1-21(2,3)11-17(25)23-13-19(27)29-15-9-7-8-10-16(15)30-20(28)14-24-18(26)12-22(4,5)6/h15-16H,7-14H2,1-6H3,(H,23,25)(H,24,26)/t15-,16+. The van der Waals surface area contributed by atoms with Crippen molar-refractivity contribution in [1.82, 2.24) is 10.6 Å². The number of hydrogen-bond acceptors (Lipinski definition) is 6. The lowest BCUT2D eigenvalue weighted by atomic mass is 9.92. The molecule has 0 aromatic heterocycles. The first-order valence-electron chi connectivity index (χ1n) is 10.7. The molecule has 0 unspecified atom stereocenters. The van der Waals surface area contributed by atoms with Crippen molar-refractivity contribution in [3.8, 4) is 0 Å². The van der Waals surface area contributed by atoms with Crippen LogP contribution in [0.15, 0.2) is 0 Å². The summed E-state index contributed by atoms with van der Waals surface area (Å²) in [4.78, 5) is 48.0. The summed E-state index contributed by atoms with van der Waals surface area (Å²) in [6.07, 6.45) is 2.46. The Morgan fingerprint density at radius 2 is 1.03 bits per heavy atom. The maximum absolute atomic E-state index is 12.1. The highest BCUT2D eigenvalue weighted by Crippen LogP contribution is 2.24. The summed E-state index contributed by atoms with van der Waals surface area (Å²) in [6.45, 7) is 11.2. The highest BCUT2D eigenvalue weighted by Gasteiger charge is 2.31. The smallest absolute Gasteiger partial charge is 0.325 e. The molecule has 0 bridgehead atoms. The molecular formula is C22H38N2O6. The van der Waals surface area contributed by atoms with Gasteiger partial charge in [-0.15, -0.1) is 0 Å². The number of hydrogen-bond donors (Lipinski definition) is 2. The second-order valence-corrected chi connectivity index (χ2v) is 10.4. The van der Waals surface area contributed by atoms with Gasteiger partial charge in [0, 0.05) is 12.8 Å². The Hall–Kier alpha value is -2.12. The fraction of sp³-hybridized carbons (Fsp3) is 0.818. The van der Waals surface area contributed by atoms with E-state index in [0.717, 1.165) is 12.8 Å². The molecule has 8 nitrogen and oxygen atoms in total. The summed E-state index contributed by atoms with van der Waals surface area (Å²) in [6, 6.07) is 0. The highest BCUT2D eigenvalue weighted by molar-refractivity contribution is 5.83. The Bertz CT molecular complexity index is 564. The number of amides is 2. The lowest BCUT2D eigenvalue weighted by Crippen LogP contribution is -2.42. The van der Waals surface area contributed by atoms with E-state index in [9.17, 15) is 19.2 Å². The van der Waals surface area contributed by atoms with Crippen molar-refractivity contribution in [2.24, 2.45) is 10.8 Å². The third-order valence-corrected chi connectivity index (χ3v) is 4.45. The van der Waals surface area contributed by atoms with E-state index in [1.54, 1.807) is 0 Å². The predicted octanol–water partition coefficient (Wildman–Crippen LogP) is 2.49. The zero-order valence-corrected chi connectivity index (χ0v) is 19.3. The molecular weight excluding hydrogens is 388 g/mol. The average Bonchev–Trinajstić information content (AvgIpc) is 2.57. The normalized spacial score (nSPS) is 19.5. The number of carbonyl (C=O) groups is 4. The number of carbonyl (C=O) groups excluding carboxylic acids is 4. The summed E-state index contributed by atoms with van der Waals surface area (Å²) < 4.78 is 10.9. The molecule has 2 amide bonds. The van der Waals surface area contributed by atoms with Gasteiger partial charge in [0.15, 0.2) is 0 Å². The van der Waals surface area contributed by atoms with Crippen LogP contribution in [0.4, 0.5) is 0 Å². The molecule has 2 N–H and O–H groups in total. The van der Waals surface area contributed by atoms with E-state index in [1.165, 1.54) is 0 Å². The first-order chi connectivity index (χ1) is 13.7. The fourth-order valence-corrected chi connectivity index (χ4v) is 3.18. The average molecular weight is 427 g/mol. The van der Waals surface area contributed by atoms with Crippen LogP contribution < -0.4 is 10.6 Å². The summed E-state index contributed by atoms with van der Waals surface area (Å²) in [5, 5.41) is 5.13. The van der Waals surface area contributed by atoms with Gasteiger partial charge < -0.3 is 20.1 Å². The zero-order valence-electron chi connectivity index (χ0n) is 19.3. The quantitative estimate of drug-likeness (QED) is 0.577. The lowest BCUT2D eigenvalue weighted by Gasteiger charge is -2.30. The van der Waals surface area contributed by atoms with E-state index in [1.807, 2.05) is 41.5 Å². The number of esters is 2. The molecule has 1 rings (SSSR count). The van der Waals surface area contributed by atoms with Gasteiger partial charge in [-0.2, -0.15) is 0 Å². The monoisotopic (exact) mass is 426 g/mol. The van der Waals surface area contributed by atoms with Crippen LogP contribution in [0.2, 0.25) is 0 Å². The van der Waals surface area contributed by atoms with E-state index in [0.29, 0.717) is 25.7 Å². The van der Waals surface area contributed by atoms with Gasteiger partial charge >= 0.3 is 11.9 Å². The molecule has 172 valence electrons. The van der Waals surface area contributed by atoms with Crippen LogP contribution in [0, 0.1) is 10.8 Å². The van der Waals surface area contributed by atoms with Crippen LogP contribution in [0.1, 0.15) is 80.1 Å². The molecule has 0 heterocycles. The molecule has 1 saturated carbocycles. The third kappa shape index (κ3) is 11.8. The summed E-state index contributed by atoms with van der Waals surface area (Å²) >= 11 is 0. The van der Waals surface area contributed by atoms with Gasteiger partial charge in [0.2, 0.25) is 11.8 Å². The number of ether oxygens (including phenoxy) is 2. The van der Waals surface area contributed by atoms with E-state index in [4.69, 9.17) is 9.47 Å². The van der Waals surface area contributed by atoms with Crippen molar-refractivity contribution in [2.75, 3.05) is 13.1 Å². The summed E-state index contributed by atoms with van der Waals surface area (Å²) in [7, 11) is 0. The Kier molecular flexibility index (Phi) is 9.78. The van der Waals surface area contributed by atoms with Crippen molar-refractivity contribution in [1.29, 1.82) is 0 Å². The molecule has 1 aliphatic carbocycles. The fourth-order valence-electron chi connectivity index (χ4n) is 3.18. The molecule has 1 aliphatic rings. The molecule has 0 aromatic carbocycles. The first kappa shape index (κ1) is 25.9. The number of rotatable bonds is 8. The Morgan fingerprint density at radius 3 is 1.33 bits per heavy atom. The van der Waals surface area contributed by atoms with Gasteiger partial charge in [-0.1, -0.05) is 41.5 Å². The van der Waals surface area contributed by atoms with Crippen LogP contribution in [0.3, 0.4) is 0 Å². The lowest BCUT2D eigenvalue weighted by molar-refractivity contribution is -0.170. The first-order valence-corrected chi connectivity index (χ1v) is 10.7. The van der Waals surface area contributed by atoms with E-state index in [2.05, 4.69) is 10.6 Å². The molecule has 0 saturated heterocycles. The third-order valence-electron chi connectivity index (χ3n) is 4.45. The van der Waals surface area contributed by atoms with Gasteiger partial charge in [0.05, 0.1) is 0 Å². The summed E-state index contributed by atoms with van der Waals surface area (Å²) in [5.74, 6) is -1.53. The summed E-state index contributed by atoms with van der Waals surface area (Å²) in [5.41, 5.74) is -0.335. The maximum Gasteiger partial charge on any atom is 0.325 e. The minimum Gasteiger partial charge on any atom is -0.457 e. The number of nitrogens with one attached hydrogen (secondary N) is 2. The minimum absolute atomic E-state index is 0.168. The SMILES string of the molecule is CC(C)(C)CC(=O)NCC(=O)O[C@H]1CCCC[C@H]1OC(=O)CNC(=O)CC(C)(C)C. The predicted molar refractivity (Wildman–Crippen MR) is 112 cm³/mol. The largest absolute Gasteiger partial charge is 0.457 e. The Balaban J connectivity index is 2.44. The molecule has 8 heteroatoms. The van der Waals surface area contributed by atoms with Gasteiger partial charge in [0.1, 0.15) is 25.3 Å². The van der Waals surface area contributed by atoms with Crippen molar-refractivity contribution in [3.63, 3.8) is 0 Å². The Labute approximate surface area is 179 Å². The zero-order chi connectivity index (χ0) is 22.9. The topological polar surface area (TPSA) is 111 Å². The van der Waals surface area contributed by atoms with Crippen molar-refractivity contribution in [3.05, 3.63) is 0 Å².